The van der Waals surface area contributed by atoms with Crippen molar-refractivity contribution in [3.63, 3.8) is 0 Å². The molecule has 8 nitrogen and oxygen atoms in total. The number of nitrogens with zero attached hydrogens (tertiary/aromatic N) is 2. The Morgan fingerprint density at radius 3 is 2.54 bits per heavy atom. The average Bonchev–Trinajstić information content (AvgIpc) is 2.64. The van der Waals surface area contributed by atoms with Crippen LogP contribution >= 0.6 is 0 Å². The van der Waals surface area contributed by atoms with E-state index in [1.54, 1.807) is 29.2 Å². The zero-order valence-corrected chi connectivity index (χ0v) is 14.3. The molecule has 138 valence electrons. The minimum absolute atomic E-state index is 0.0703. The number of carboxylic acids is 1. The van der Waals surface area contributed by atoms with E-state index in [4.69, 9.17) is 5.11 Å². The first kappa shape index (κ1) is 17.9. The number of carbonyl (C=O) groups is 2. The molecule has 2 N–H and O–H groups in total. The Morgan fingerprint density at radius 2 is 1.85 bits per heavy atom. The number of aromatic nitrogens is 2. The molecule has 1 amide bonds. The number of aliphatic carboxylic acids is 1. The second-order valence-corrected chi connectivity index (χ2v) is 6.53. The first-order valence-corrected chi connectivity index (χ1v) is 8.70. The van der Waals surface area contributed by atoms with Gasteiger partial charge in [-0.15, -0.1) is 0 Å². The largest absolute Gasteiger partial charge is 0.481 e. The van der Waals surface area contributed by atoms with Gasteiger partial charge in [-0.1, -0.05) is 12.1 Å². The van der Waals surface area contributed by atoms with Crippen molar-refractivity contribution in [3.05, 3.63) is 45.1 Å². The predicted molar refractivity (Wildman–Crippen MR) is 95.0 cm³/mol. The number of piperidine rings is 1. The van der Waals surface area contributed by atoms with E-state index in [-0.39, 0.29) is 30.3 Å². The molecule has 1 saturated heterocycles. The number of benzene rings is 1. The second kappa shape index (κ2) is 7.55. The Bertz CT molecular complexity index is 938. The number of hydrogen-bond donors (Lipinski definition) is 2. The van der Waals surface area contributed by atoms with E-state index in [0.29, 0.717) is 43.3 Å². The minimum atomic E-state index is -0.813. The van der Waals surface area contributed by atoms with E-state index < -0.39 is 11.7 Å². The third kappa shape index (κ3) is 3.68. The quantitative estimate of drug-likeness (QED) is 0.820. The molecule has 1 aromatic carbocycles. The summed E-state index contributed by atoms with van der Waals surface area (Å²) in [6.07, 6.45) is 1.52. The number of carbonyl (C=O) groups excluding carboxylic acids is 1. The number of H-pyrrole nitrogens is 1. The molecule has 0 radical (unpaired) electrons. The standard InChI is InChI=1S/C18H21N3O5/c22-15(20-10-7-12(8-11-20)17(24)25)6-3-9-21-16(23)13-4-1-2-5-14(13)19-18(21)26/h1-2,4-5,12H,3,6-11H2,(H,19,26)(H,24,25). The molecule has 0 saturated carbocycles. The van der Waals surface area contributed by atoms with Crippen LogP contribution in [0.15, 0.2) is 33.9 Å². The fourth-order valence-electron chi connectivity index (χ4n) is 3.32. The normalized spacial score (nSPS) is 15.3. The van der Waals surface area contributed by atoms with E-state index >= 15 is 0 Å². The first-order chi connectivity index (χ1) is 12.5. The van der Waals surface area contributed by atoms with E-state index in [0.717, 1.165) is 4.57 Å². The lowest BCUT2D eigenvalue weighted by Crippen LogP contribution is -2.40. The third-order valence-corrected chi connectivity index (χ3v) is 4.86. The Hall–Kier alpha value is -2.90. The number of hydrogen-bond acceptors (Lipinski definition) is 4. The van der Waals surface area contributed by atoms with Crippen LogP contribution in [0.4, 0.5) is 0 Å². The van der Waals surface area contributed by atoms with Crippen molar-refractivity contribution in [1.29, 1.82) is 0 Å². The molecule has 2 heterocycles. The van der Waals surface area contributed by atoms with Crippen LogP contribution in [0.5, 0.6) is 0 Å². The number of rotatable bonds is 5. The van der Waals surface area contributed by atoms with Crippen molar-refractivity contribution in [2.45, 2.75) is 32.2 Å². The monoisotopic (exact) mass is 359 g/mol. The summed E-state index contributed by atoms with van der Waals surface area (Å²) in [6.45, 7) is 1.04. The highest BCUT2D eigenvalue weighted by atomic mass is 16.4. The van der Waals surface area contributed by atoms with E-state index in [9.17, 15) is 19.2 Å². The van der Waals surface area contributed by atoms with Crippen molar-refractivity contribution in [1.82, 2.24) is 14.5 Å². The molecule has 1 fully saturated rings. The molecule has 0 bridgehead atoms. The summed E-state index contributed by atoms with van der Waals surface area (Å²) in [5.41, 5.74) is -0.348. The number of para-hydroxylation sites is 1. The van der Waals surface area contributed by atoms with Gasteiger partial charge in [-0.25, -0.2) is 4.79 Å². The molecule has 0 unspecified atom stereocenters. The summed E-state index contributed by atoms with van der Waals surface area (Å²) in [5.74, 6) is -1.26. The molecule has 1 aliphatic rings. The van der Waals surface area contributed by atoms with Gasteiger partial charge in [-0.05, 0) is 31.4 Å². The van der Waals surface area contributed by atoms with Gasteiger partial charge in [0.15, 0.2) is 0 Å². The van der Waals surface area contributed by atoms with Crippen molar-refractivity contribution in [2.75, 3.05) is 13.1 Å². The summed E-state index contributed by atoms with van der Waals surface area (Å²) in [5, 5.41) is 9.43. The van der Waals surface area contributed by atoms with Crippen LogP contribution in [0.1, 0.15) is 25.7 Å². The molecule has 26 heavy (non-hydrogen) atoms. The van der Waals surface area contributed by atoms with Gasteiger partial charge in [-0.2, -0.15) is 0 Å². The van der Waals surface area contributed by atoms with Crippen molar-refractivity contribution >= 4 is 22.8 Å². The molecule has 2 aromatic rings. The molecular formula is C18H21N3O5. The van der Waals surface area contributed by atoms with Crippen molar-refractivity contribution in [2.24, 2.45) is 5.92 Å². The van der Waals surface area contributed by atoms with Crippen LogP contribution in [-0.4, -0.2) is 44.5 Å². The smallest absolute Gasteiger partial charge is 0.328 e. The van der Waals surface area contributed by atoms with E-state index in [1.165, 1.54) is 0 Å². The maximum absolute atomic E-state index is 12.4. The van der Waals surface area contributed by atoms with Crippen LogP contribution in [0.2, 0.25) is 0 Å². The zero-order chi connectivity index (χ0) is 18.7. The van der Waals surface area contributed by atoms with Crippen molar-refractivity contribution < 1.29 is 14.7 Å². The third-order valence-electron chi connectivity index (χ3n) is 4.86. The van der Waals surface area contributed by atoms with Gasteiger partial charge in [0.25, 0.3) is 5.56 Å². The number of nitrogens with one attached hydrogen (secondary N) is 1. The fraction of sp³-hybridized carbons (Fsp3) is 0.444. The summed E-state index contributed by atoms with van der Waals surface area (Å²) in [4.78, 5) is 52.0. The minimum Gasteiger partial charge on any atom is -0.481 e. The van der Waals surface area contributed by atoms with Gasteiger partial charge in [-0.3, -0.25) is 19.0 Å². The molecule has 0 atom stereocenters. The second-order valence-electron chi connectivity index (χ2n) is 6.53. The molecule has 3 rings (SSSR count). The van der Waals surface area contributed by atoms with Crippen LogP contribution in [0.3, 0.4) is 0 Å². The number of aromatic amines is 1. The van der Waals surface area contributed by atoms with Gasteiger partial charge in [0.2, 0.25) is 5.91 Å². The van der Waals surface area contributed by atoms with Gasteiger partial charge >= 0.3 is 11.7 Å². The molecule has 1 aromatic heterocycles. The lowest BCUT2D eigenvalue weighted by Gasteiger charge is -2.30. The summed E-state index contributed by atoms with van der Waals surface area (Å²) in [7, 11) is 0. The maximum atomic E-state index is 12.4. The van der Waals surface area contributed by atoms with Crippen LogP contribution in [-0.2, 0) is 16.1 Å². The Labute approximate surface area is 149 Å². The SMILES string of the molecule is O=C(O)C1CCN(C(=O)CCCn2c(=O)[nH]c3ccccc3c2=O)CC1. The summed E-state index contributed by atoms with van der Waals surface area (Å²) >= 11 is 0. The highest BCUT2D eigenvalue weighted by molar-refractivity contribution is 5.77. The molecular weight excluding hydrogens is 338 g/mol. The molecule has 0 aliphatic carbocycles. The predicted octanol–water partition coefficient (Wildman–Crippen LogP) is 0.793. The number of likely N-dealkylation sites (tertiary alicyclic amines) is 1. The van der Waals surface area contributed by atoms with Gasteiger partial charge in [0.1, 0.15) is 0 Å². The lowest BCUT2D eigenvalue weighted by molar-refractivity contribution is -0.145. The van der Waals surface area contributed by atoms with Gasteiger partial charge in [0.05, 0.1) is 16.8 Å². The van der Waals surface area contributed by atoms with Crippen LogP contribution < -0.4 is 11.2 Å². The Balaban J connectivity index is 1.59. The van der Waals surface area contributed by atoms with Gasteiger partial charge in [0, 0.05) is 26.1 Å². The van der Waals surface area contributed by atoms with E-state index in [1.807, 2.05) is 0 Å². The Morgan fingerprint density at radius 1 is 1.15 bits per heavy atom. The molecule has 1 aliphatic heterocycles. The first-order valence-electron chi connectivity index (χ1n) is 8.70. The highest BCUT2D eigenvalue weighted by Gasteiger charge is 2.26. The maximum Gasteiger partial charge on any atom is 0.328 e. The van der Waals surface area contributed by atoms with Crippen LogP contribution in [0, 0.1) is 5.92 Å². The summed E-state index contributed by atoms with van der Waals surface area (Å²) < 4.78 is 1.12. The summed E-state index contributed by atoms with van der Waals surface area (Å²) in [6, 6.07) is 6.81. The zero-order valence-electron chi connectivity index (χ0n) is 14.3. The highest BCUT2D eigenvalue weighted by Crippen LogP contribution is 2.18. The topological polar surface area (TPSA) is 112 Å². The number of fused-ring (bicyclic) bond motifs is 1. The number of carboxylic acid groups (broad SMARTS) is 1. The molecule has 8 heteroatoms. The van der Waals surface area contributed by atoms with Gasteiger partial charge < -0.3 is 15.0 Å². The molecule has 0 spiro atoms. The number of amides is 1. The van der Waals surface area contributed by atoms with Crippen LogP contribution in [0.25, 0.3) is 10.9 Å². The average molecular weight is 359 g/mol. The lowest BCUT2D eigenvalue weighted by atomic mass is 9.97. The van der Waals surface area contributed by atoms with Crippen molar-refractivity contribution in [3.8, 4) is 0 Å². The van der Waals surface area contributed by atoms with E-state index in [2.05, 4.69) is 4.98 Å². The fourth-order valence-corrected chi connectivity index (χ4v) is 3.32. The Kier molecular flexibility index (Phi) is 5.20.